The van der Waals surface area contributed by atoms with Crippen LogP contribution in [0.4, 0.5) is 4.39 Å². The zero-order valence-corrected chi connectivity index (χ0v) is 11.1. The first-order valence-electron chi connectivity index (χ1n) is 6.17. The van der Waals surface area contributed by atoms with Crippen molar-refractivity contribution >= 4 is 17.5 Å². The molecule has 0 saturated carbocycles. The number of nitrogens with two attached hydrogens (primary N) is 1. The van der Waals surface area contributed by atoms with E-state index in [1.807, 2.05) is 0 Å². The van der Waals surface area contributed by atoms with Crippen molar-refractivity contribution in [3.8, 4) is 0 Å². The minimum Gasteiger partial charge on any atom is -0.377 e. The quantitative estimate of drug-likeness (QED) is 0.867. The molecule has 0 bridgehead atoms. The number of halogens is 2. The number of nitrogens with one attached hydrogen (secondary N) is 1. The maximum atomic E-state index is 13.0. The standard InChI is InChI=1S/C13H16ClFN2O2/c14-11-6-8(15)3-4-10(11)12(13(16)18)17-7-9-2-1-5-19-9/h3-4,6,9,12,17H,1-2,5,7H2,(H2,16,18). The molecular weight excluding hydrogens is 271 g/mol. The fourth-order valence-electron chi connectivity index (χ4n) is 2.15. The average Bonchev–Trinajstić information content (AvgIpc) is 2.84. The zero-order chi connectivity index (χ0) is 13.8. The Morgan fingerprint density at radius 1 is 1.63 bits per heavy atom. The lowest BCUT2D eigenvalue weighted by Gasteiger charge is -2.19. The molecule has 0 aliphatic carbocycles. The van der Waals surface area contributed by atoms with E-state index in [9.17, 15) is 9.18 Å². The molecule has 0 aromatic heterocycles. The summed E-state index contributed by atoms with van der Waals surface area (Å²) in [5.74, 6) is -0.998. The van der Waals surface area contributed by atoms with Gasteiger partial charge in [-0.2, -0.15) is 0 Å². The van der Waals surface area contributed by atoms with Gasteiger partial charge in [-0.15, -0.1) is 0 Å². The van der Waals surface area contributed by atoms with Crippen LogP contribution in [0.3, 0.4) is 0 Å². The van der Waals surface area contributed by atoms with Crippen LogP contribution < -0.4 is 11.1 Å². The largest absolute Gasteiger partial charge is 0.377 e. The first-order chi connectivity index (χ1) is 9.08. The molecule has 1 aromatic rings. The molecule has 6 heteroatoms. The highest BCUT2D eigenvalue weighted by Gasteiger charge is 2.23. The number of carbonyl (C=O) groups excluding carboxylic acids is 1. The molecule has 2 rings (SSSR count). The van der Waals surface area contributed by atoms with Crippen LogP contribution >= 0.6 is 11.6 Å². The molecule has 1 aromatic carbocycles. The van der Waals surface area contributed by atoms with E-state index < -0.39 is 17.8 Å². The molecule has 2 unspecified atom stereocenters. The molecule has 0 radical (unpaired) electrons. The molecule has 2 atom stereocenters. The molecule has 0 spiro atoms. The number of rotatable bonds is 5. The summed E-state index contributed by atoms with van der Waals surface area (Å²) in [6.45, 7) is 1.26. The van der Waals surface area contributed by atoms with Gasteiger partial charge in [0.05, 0.1) is 6.10 Å². The van der Waals surface area contributed by atoms with E-state index in [1.54, 1.807) is 0 Å². The highest BCUT2D eigenvalue weighted by molar-refractivity contribution is 6.31. The van der Waals surface area contributed by atoms with Crippen LogP contribution in [0.15, 0.2) is 18.2 Å². The van der Waals surface area contributed by atoms with Crippen LogP contribution in [-0.4, -0.2) is 25.2 Å². The van der Waals surface area contributed by atoms with Gasteiger partial charge < -0.3 is 10.5 Å². The van der Waals surface area contributed by atoms with Crippen molar-refractivity contribution in [1.29, 1.82) is 0 Å². The number of amides is 1. The van der Waals surface area contributed by atoms with Crippen LogP contribution in [0.1, 0.15) is 24.4 Å². The molecule has 1 aliphatic heterocycles. The number of benzene rings is 1. The Kier molecular flexibility index (Phi) is 4.74. The van der Waals surface area contributed by atoms with Crippen LogP contribution in [0.25, 0.3) is 0 Å². The smallest absolute Gasteiger partial charge is 0.239 e. The lowest BCUT2D eigenvalue weighted by atomic mass is 10.1. The Morgan fingerprint density at radius 3 is 3.00 bits per heavy atom. The second-order valence-corrected chi connectivity index (χ2v) is 4.95. The molecule has 1 amide bonds. The van der Waals surface area contributed by atoms with E-state index >= 15 is 0 Å². The second kappa shape index (κ2) is 6.32. The Labute approximate surface area is 116 Å². The van der Waals surface area contributed by atoms with Gasteiger partial charge in [0.15, 0.2) is 0 Å². The summed E-state index contributed by atoms with van der Waals surface area (Å²) in [5.41, 5.74) is 5.85. The van der Waals surface area contributed by atoms with E-state index in [2.05, 4.69) is 5.32 Å². The van der Waals surface area contributed by atoms with Gasteiger partial charge in [-0.25, -0.2) is 4.39 Å². The van der Waals surface area contributed by atoms with Crippen molar-refractivity contribution in [2.24, 2.45) is 5.73 Å². The summed E-state index contributed by atoms with van der Waals surface area (Å²) in [7, 11) is 0. The number of carbonyl (C=O) groups is 1. The molecule has 3 N–H and O–H groups in total. The van der Waals surface area contributed by atoms with Crippen LogP contribution in [-0.2, 0) is 9.53 Å². The predicted molar refractivity (Wildman–Crippen MR) is 70.3 cm³/mol. The normalized spacial score (nSPS) is 20.4. The SMILES string of the molecule is NC(=O)C(NCC1CCCO1)c1ccc(F)cc1Cl. The van der Waals surface area contributed by atoms with Crippen molar-refractivity contribution in [3.63, 3.8) is 0 Å². The van der Waals surface area contributed by atoms with Gasteiger partial charge in [0.25, 0.3) is 0 Å². The minimum absolute atomic E-state index is 0.0843. The molecular formula is C13H16ClFN2O2. The third-order valence-corrected chi connectivity index (χ3v) is 3.46. The van der Waals surface area contributed by atoms with Gasteiger partial charge >= 0.3 is 0 Å². The molecule has 1 heterocycles. The first-order valence-corrected chi connectivity index (χ1v) is 6.55. The Hall–Kier alpha value is -1.17. The predicted octanol–water partition coefficient (Wildman–Crippen LogP) is 1.77. The van der Waals surface area contributed by atoms with Crippen molar-refractivity contribution in [2.45, 2.75) is 25.0 Å². The molecule has 1 fully saturated rings. The van der Waals surface area contributed by atoms with Gasteiger partial charge in [0, 0.05) is 18.2 Å². The Morgan fingerprint density at radius 2 is 2.42 bits per heavy atom. The van der Waals surface area contributed by atoms with Crippen LogP contribution in [0, 0.1) is 5.82 Å². The first kappa shape index (κ1) is 14.2. The average molecular weight is 287 g/mol. The molecule has 4 nitrogen and oxygen atoms in total. The highest BCUT2D eigenvalue weighted by atomic mass is 35.5. The van der Waals surface area contributed by atoms with E-state index in [0.717, 1.165) is 19.4 Å². The summed E-state index contributed by atoms with van der Waals surface area (Å²) in [4.78, 5) is 11.5. The second-order valence-electron chi connectivity index (χ2n) is 4.54. The summed E-state index contributed by atoms with van der Waals surface area (Å²) >= 11 is 5.94. The monoisotopic (exact) mass is 286 g/mol. The van der Waals surface area contributed by atoms with Crippen molar-refractivity contribution in [3.05, 3.63) is 34.6 Å². The summed E-state index contributed by atoms with van der Waals surface area (Å²) in [6.07, 6.45) is 2.06. The van der Waals surface area contributed by atoms with Gasteiger partial charge in [-0.05, 0) is 30.5 Å². The molecule has 1 aliphatic rings. The van der Waals surface area contributed by atoms with Crippen LogP contribution in [0.2, 0.25) is 5.02 Å². The minimum atomic E-state index is -0.739. The van der Waals surface area contributed by atoms with Gasteiger partial charge in [0.2, 0.25) is 5.91 Å². The van der Waals surface area contributed by atoms with Crippen molar-refractivity contribution in [1.82, 2.24) is 5.32 Å². The van der Waals surface area contributed by atoms with Gasteiger partial charge in [-0.1, -0.05) is 17.7 Å². The number of primary amides is 1. The lowest BCUT2D eigenvalue weighted by Crippen LogP contribution is -2.38. The van der Waals surface area contributed by atoms with Crippen molar-refractivity contribution in [2.75, 3.05) is 13.2 Å². The molecule has 19 heavy (non-hydrogen) atoms. The van der Waals surface area contributed by atoms with E-state index in [-0.39, 0.29) is 11.1 Å². The van der Waals surface area contributed by atoms with Gasteiger partial charge in [-0.3, -0.25) is 10.1 Å². The molecule has 104 valence electrons. The highest BCUT2D eigenvalue weighted by Crippen LogP contribution is 2.24. The topological polar surface area (TPSA) is 64.4 Å². The van der Waals surface area contributed by atoms with E-state index in [4.69, 9.17) is 22.1 Å². The molecule has 1 saturated heterocycles. The maximum Gasteiger partial charge on any atom is 0.239 e. The maximum absolute atomic E-state index is 13.0. The summed E-state index contributed by atoms with van der Waals surface area (Å²) in [6, 6.07) is 3.15. The van der Waals surface area contributed by atoms with Crippen molar-refractivity contribution < 1.29 is 13.9 Å². The zero-order valence-electron chi connectivity index (χ0n) is 10.4. The number of hydrogen-bond acceptors (Lipinski definition) is 3. The van der Waals surface area contributed by atoms with E-state index in [1.165, 1.54) is 18.2 Å². The Balaban J connectivity index is 2.08. The van der Waals surface area contributed by atoms with Gasteiger partial charge in [0.1, 0.15) is 11.9 Å². The lowest BCUT2D eigenvalue weighted by molar-refractivity contribution is -0.120. The summed E-state index contributed by atoms with van der Waals surface area (Å²) in [5, 5.41) is 3.22. The third kappa shape index (κ3) is 3.65. The Bertz CT molecular complexity index is 464. The third-order valence-electron chi connectivity index (χ3n) is 3.13. The fourth-order valence-corrected chi connectivity index (χ4v) is 2.43. The number of hydrogen-bond donors (Lipinski definition) is 2. The van der Waals surface area contributed by atoms with Crippen LogP contribution in [0.5, 0.6) is 0 Å². The number of ether oxygens (including phenoxy) is 1. The fraction of sp³-hybridized carbons (Fsp3) is 0.462. The van der Waals surface area contributed by atoms with E-state index in [0.29, 0.717) is 12.1 Å². The summed E-state index contributed by atoms with van der Waals surface area (Å²) < 4.78 is 18.5.